The predicted molar refractivity (Wildman–Crippen MR) is 85.2 cm³/mol. The number of rotatable bonds is 10. The number of hydrogen-bond donors (Lipinski definition) is 2. The number of anilines is 1. The molecular weight excluding hydrogens is 306 g/mol. The third-order valence-electron chi connectivity index (χ3n) is 3.08. The Kier molecular flexibility index (Phi) is 8.97. The Morgan fingerprint density at radius 2 is 2.00 bits per heavy atom. The molecule has 0 saturated heterocycles. The summed E-state index contributed by atoms with van der Waals surface area (Å²) in [6.07, 6.45) is 2.79. The Morgan fingerprint density at radius 1 is 1.26 bits per heavy atom. The number of amides is 2. The molecule has 0 aliphatic heterocycles. The van der Waals surface area contributed by atoms with Gasteiger partial charge in [0.2, 0.25) is 0 Å². The van der Waals surface area contributed by atoms with E-state index in [0.29, 0.717) is 25.1 Å². The maximum Gasteiger partial charge on any atom is 0.387 e. The first kappa shape index (κ1) is 19.2. The van der Waals surface area contributed by atoms with Crippen molar-refractivity contribution in [3.05, 3.63) is 23.8 Å². The first-order valence-electron chi connectivity index (χ1n) is 7.71. The number of halogens is 2. The lowest BCUT2D eigenvalue weighted by Crippen LogP contribution is -2.30. The van der Waals surface area contributed by atoms with E-state index in [9.17, 15) is 13.6 Å². The average Bonchev–Trinajstić information content (AvgIpc) is 2.49. The van der Waals surface area contributed by atoms with Crippen LogP contribution >= 0.6 is 0 Å². The zero-order valence-electron chi connectivity index (χ0n) is 13.5. The highest BCUT2D eigenvalue weighted by molar-refractivity contribution is 5.91. The summed E-state index contributed by atoms with van der Waals surface area (Å²) in [6.45, 7) is 2.59. The summed E-state index contributed by atoms with van der Waals surface area (Å²) < 4.78 is 34.6. The Balaban J connectivity index is 2.39. The largest absolute Gasteiger partial charge is 0.433 e. The summed E-state index contributed by atoms with van der Waals surface area (Å²) in [5, 5.41) is 5.20. The Morgan fingerprint density at radius 3 is 2.70 bits per heavy atom. The Hall–Kier alpha value is -1.89. The van der Waals surface area contributed by atoms with E-state index in [0.717, 1.165) is 19.4 Å². The summed E-state index contributed by atoms with van der Waals surface area (Å²) in [4.78, 5) is 11.8. The van der Waals surface area contributed by atoms with E-state index in [1.807, 2.05) is 0 Å². The van der Waals surface area contributed by atoms with E-state index >= 15 is 0 Å². The maximum absolute atomic E-state index is 12.4. The van der Waals surface area contributed by atoms with Gasteiger partial charge in [-0.25, -0.2) is 4.79 Å². The van der Waals surface area contributed by atoms with E-state index in [1.54, 1.807) is 19.1 Å². The molecule has 7 heteroatoms. The average molecular weight is 330 g/mol. The molecule has 0 spiro atoms. The number of aryl methyl sites for hydroxylation is 1. The number of nitrogens with one attached hydrogen (secondary N) is 2. The van der Waals surface area contributed by atoms with Gasteiger partial charge in [-0.2, -0.15) is 8.78 Å². The van der Waals surface area contributed by atoms with Gasteiger partial charge >= 0.3 is 12.6 Å². The van der Waals surface area contributed by atoms with Crippen molar-refractivity contribution < 1.29 is 23.0 Å². The van der Waals surface area contributed by atoms with Crippen LogP contribution in [0.1, 0.15) is 31.7 Å². The summed E-state index contributed by atoms with van der Waals surface area (Å²) in [6, 6.07) is 4.21. The minimum Gasteiger partial charge on any atom is -0.433 e. The van der Waals surface area contributed by atoms with Crippen molar-refractivity contribution in [3.63, 3.8) is 0 Å². The van der Waals surface area contributed by atoms with Crippen LogP contribution in [0, 0.1) is 6.92 Å². The predicted octanol–water partition coefficient (Wildman–Crippen LogP) is 3.92. The fourth-order valence-corrected chi connectivity index (χ4v) is 1.88. The second-order valence-electron chi connectivity index (χ2n) is 5.03. The second-order valence-corrected chi connectivity index (χ2v) is 5.03. The molecule has 0 aromatic heterocycles. The first-order valence-corrected chi connectivity index (χ1v) is 7.71. The molecule has 130 valence electrons. The van der Waals surface area contributed by atoms with Gasteiger partial charge in [0, 0.05) is 19.8 Å². The minimum atomic E-state index is -2.94. The summed E-state index contributed by atoms with van der Waals surface area (Å²) in [5.41, 5.74) is 0.880. The van der Waals surface area contributed by atoms with Crippen LogP contribution in [0.5, 0.6) is 5.75 Å². The number of para-hydroxylation sites is 1. The Labute approximate surface area is 135 Å². The van der Waals surface area contributed by atoms with Crippen molar-refractivity contribution in [1.82, 2.24) is 5.32 Å². The van der Waals surface area contributed by atoms with Gasteiger partial charge in [0.1, 0.15) is 5.75 Å². The van der Waals surface area contributed by atoms with Crippen molar-refractivity contribution >= 4 is 11.7 Å². The number of benzene rings is 1. The number of hydrogen-bond acceptors (Lipinski definition) is 3. The molecule has 0 saturated carbocycles. The number of urea groups is 1. The summed E-state index contributed by atoms with van der Waals surface area (Å²) in [7, 11) is 0. The third kappa shape index (κ3) is 7.78. The van der Waals surface area contributed by atoms with Crippen LogP contribution < -0.4 is 15.4 Å². The molecule has 0 unspecified atom stereocenters. The normalized spacial score (nSPS) is 10.7. The van der Waals surface area contributed by atoms with E-state index < -0.39 is 12.6 Å². The molecule has 5 nitrogen and oxygen atoms in total. The molecule has 0 atom stereocenters. The lowest BCUT2D eigenvalue weighted by Gasteiger charge is -2.14. The molecular formula is C16H24F2N2O3. The Bertz CT molecular complexity index is 484. The van der Waals surface area contributed by atoms with E-state index in [-0.39, 0.29) is 11.4 Å². The van der Waals surface area contributed by atoms with Crippen molar-refractivity contribution in [2.45, 2.75) is 39.7 Å². The van der Waals surface area contributed by atoms with Crippen LogP contribution in [0.2, 0.25) is 0 Å². The molecule has 0 bridgehead atoms. The zero-order valence-corrected chi connectivity index (χ0v) is 13.5. The van der Waals surface area contributed by atoms with Gasteiger partial charge in [-0.1, -0.05) is 25.5 Å². The third-order valence-corrected chi connectivity index (χ3v) is 3.08. The molecule has 0 aliphatic rings. The number of ether oxygens (including phenoxy) is 2. The van der Waals surface area contributed by atoms with E-state index in [2.05, 4.69) is 22.3 Å². The van der Waals surface area contributed by atoms with Crippen molar-refractivity contribution in [2.24, 2.45) is 0 Å². The van der Waals surface area contributed by atoms with E-state index in [4.69, 9.17) is 4.74 Å². The van der Waals surface area contributed by atoms with Crippen LogP contribution in [-0.2, 0) is 4.74 Å². The van der Waals surface area contributed by atoms with Crippen LogP contribution in [0.4, 0.5) is 19.3 Å². The number of carbonyl (C=O) groups excluding carboxylic acids is 1. The molecule has 0 fully saturated rings. The summed E-state index contributed by atoms with van der Waals surface area (Å²) >= 11 is 0. The van der Waals surface area contributed by atoms with Crippen molar-refractivity contribution in [2.75, 3.05) is 25.1 Å². The minimum absolute atomic E-state index is 0.0574. The van der Waals surface area contributed by atoms with Crippen LogP contribution in [0.25, 0.3) is 0 Å². The van der Waals surface area contributed by atoms with Gasteiger partial charge in [-0.15, -0.1) is 0 Å². The van der Waals surface area contributed by atoms with Crippen molar-refractivity contribution in [1.29, 1.82) is 0 Å². The molecule has 2 N–H and O–H groups in total. The van der Waals surface area contributed by atoms with Crippen molar-refractivity contribution in [3.8, 4) is 5.75 Å². The van der Waals surface area contributed by atoms with Gasteiger partial charge in [-0.3, -0.25) is 0 Å². The first-order chi connectivity index (χ1) is 11.0. The number of unbranched alkanes of at least 4 members (excludes halogenated alkanes) is 1. The topological polar surface area (TPSA) is 59.6 Å². The molecule has 2 amide bonds. The highest BCUT2D eigenvalue weighted by Gasteiger charge is 2.13. The summed E-state index contributed by atoms with van der Waals surface area (Å²) in [5.74, 6) is -0.0574. The molecule has 1 rings (SSSR count). The zero-order chi connectivity index (χ0) is 17.1. The van der Waals surface area contributed by atoms with Gasteiger partial charge < -0.3 is 20.1 Å². The smallest absolute Gasteiger partial charge is 0.387 e. The monoisotopic (exact) mass is 330 g/mol. The molecule has 0 aliphatic carbocycles. The molecule has 0 radical (unpaired) electrons. The number of carbonyl (C=O) groups is 1. The van der Waals surface area contributed by atoms with Crippen LogP contribution in [0.15, 0.2) is 18.2 Å². The molecule has 0 heterocycles. The highest BCUT2D eigenvalue weighted by atomic mass is 19.3. The maximum atomic E-state index is 12.4. The molecule has 1 aromatic carbocycles. The van der Waals surface area contributed by atoms with Gasteiger partial charge in [0.25, 0.3) is 0 Å². The van der Waals surface area contributed by atoms with Crippen LogP contribution in [0.3, 0.4) is 0 Å². The van der Waals surface area contributed by atoms with Gasteiger partial charge in [0.15, 0.2) is 0 Å². The molecule has 1 aromatic rings. The fourth-order valence-electron chi connectivity index (χ4n) is 1.88. The molecule has 23 heavy (non-hydrogen) atoms. The lowest BCUT2D eigenvalue weighted by atomic mass is 10.2. The van der Waals surface area contributed by atoms with Gasteiger partial charge in [0.05, 0.1) is 5.69 Å². The van der Waals surface area contributed by atoms with Crippen LogP contribution in [-0.4, -0.2) is 32.4 Å². The van der Waals surface area contributed by atoms with Gasteiger partial charge in [-0.05, 0) is 31.4 Å². The standard InChI is InChI=1S/C16H24F2N2O3/c1-3-4-10-22-11-6-9-19-16(21)20-14-12(2)7-5-8-13(14)23-15(17)18/h5,7-8,15H,3-4,6,9-11H2,1-2H3,(H2,19,20,21). The quantitative estimate of drug-likeness (QED) is 0.639. The fraction of sp³-hybridized carbons (Fsp3) is 0.562. The number of alkyl halides is 2. The lowest BCUT2D eigenvalue weighted by molar-refractivity contribution is -0.0493. The second kappa shape index (κ2) is 10.8. The van der Waals surface area contributed by atoms with E-state index in [1.165, 1.54) is 6.07 Å². The SMILES string of the molecule is CCCCOCCCNC(=O)Nc1c(C)cccc1OC(F)F. The highest BCUT2D eigenvalue weighted by Crippen LogP contribution is 2.29.